The number of para-hydroxylation sites is 1. The number of hydrogen-bond acceptors (Lipinski definition) is 4. The number of fused-ring (bicyclic) bond motifs is 1. The van der Waals surface area contributed by atoms with Crippen molar-refractivity contribution in [2.75, 3.05) is 0 Å². The number of pyridine rings is 1. The van der Waals surface area contributed by atoms with Crippen LogP contribution in [0.1, 0.15) is 28.9 Å². The van der Waals surface area contributed by atoms with Crippen LogP contribution in [0.5, 0.6) is 0 Å². The minimum Gasteiger partial charge on any atom is -0.368 e. The fraction of sp³-hybridized carbons (Fsp3) is 0.167. The molecule has 0 aliphatic heterocycles. The number of nitrogens with zero attached hydrogens (tertiary/aromatic N) is 2. The van der Waals surface area contributed by atoms with Crippen molar-refractivity contribution in [2.24, 2.45) is 5.73 Å². The van der Waals surface area contributed by atoms with Gasteiger partial charge < -0.3 is 16.0 Å². The van der Waals surface area contributed by atoms with Crippen LogP contribution < -0.4 is 11.1 Å². The molecule has 0 unspecified atom stereocenters. The van der Waals surface area contributed by atoms with Crippen LogP contribution >= 0.6 is 0 Å². The van der Waals surface area contributed by atoms with E-state index in [2.05, 4.69) is 20.3 Å². The first-order valence-corrected chi connectivity index (χ1v) is 9.88. The van der Waals surface area contributed by atoms with Gasteiger partial charge >= 0.3 is 6.18 Å². The largest absolute Gasteiger partial charge is 0.416 e. The standard InChI is InChI=1S/C23H18F3N5O2.CH4/c24-23(25,26)15-4-1-3-13(11-15)12-18(20(27)32)30-22(33)16-5-2-6-17-19(16)31-21(29-17)14-7-9-28-10-8-14;/h1-11,18H,12H2,(H2,27,32)(H,29,31)(H,30,33);1H4/t18-;/m0./s1. The lowest BCUT2D eigenvalue weighted by molar-refractivity contribution is -0.137. The van der Waals surface area contributed by atoms with Gasteiger partial charge in [-0.15, -0.1) is 0 Å². The third kappa shape index (κ3) is 5.22. The fourth-order valence-electron chi connectivity index (χ4n) is 3.43. The van der Waals surface area contributed by atoms with Crippen LogP contribution in [0.3, 0.4) is 0 Å². The van der Waals surface area contributed by atoms with Gasteiger partial charge in [0.2, 0.25) is 5.91 Å². The fourth-order valence-corrected chi connectivity index (χ4v) is 3.43. The summed E-state index contributed by atoms with van der Waals surface area (Å²) in [5, 5.41) is 2.52. The van der Waals surface area contributed by atoms with Crippen molar-refractivity contribution in [3.8, 4) is 11.4 Å². The Labute approximate surface area is 193 Å². The van der Waals surface area contributed by atoms with Crippen LogP contribution in [0.25, 0.3) is 22.4 Å². The maximum Gasteiger partial charge on any atom is 0.416 e. The number of imidazole rings is 1. The van der Waals surface area contributed by atoms with Crippen LogP contribution in [-0.4, -0.2) is 32.8 Å². The Bertz CT molecular complexity index is 1320. The highest BCUT2D eigenvalue weighted by Gasteiger charge is 2.31. The number of carbonyl (C=O) groups is 2. The summed E-state index contributed by atoms with van der Waals surface area (Å²) in [5.74, 6) is -0.959. The maximum atomic E-state index is 13.0. The van der Waals surface area contributed by atoms with Crippen molar-refractivity contribution in [3.05, 3.63) is 83.7 Å². The number of carbonyl (C=O) groups excluding carboxylic acids is 2. The SMILES string of the molecule is C.NC(=O)[C@H](Cc1cccc(C(F)(F)F)c1)NC(=O)c1cccc2[nH]c(-c3ccncc3)nc12. The van der Waals surface area contributed by atoms with E-state index in [0.717, 1.165) is 17.7 Å². The monoisotopic (exact) mass is 469 g/mol. The van der Waals surface area contributed by atoms with Crippen LogP contribution in [-0.2, 0) is 17.4 Å². The van der Waals surface area contributed by atoms with Crippen LogP contribution in [0.4, 0.5) is 13.2 Å². The normalized spacial score (nSPS) is 12.1. The second-order valence-electron chi connectivity index (χ2n) is 7.35. The molecule has 0 saturated carbocycles. The second kappa shape index (κ2) is 9.74. The molecule has 0 bridgehead atoms. The van der Waals surface area contributed by atoms with Crippen molar-refractivity contribution >= 4 is 22.8 Å². The van der Waals surface area contributed by atoms with Gasteiger partial charge in [-0.3, -0.25) is 14.6 Å². The van der Waals surface area contributed by atoms with Gasteiger partial charge in [-0.25, -0.2) is 4.98 Å². The Kier molecular flexibility index (Phi) is 7.00. The lowest BCUT2D eigenvalue weighted by Gasteiger charge is -2.17. The maximum absolute atomic E-state index is 13.0. The van der Waals surface area contributed by atoms with Gasteiger partial charge in [-0.2, -0.15) is 13.2 Å². The zero-order chi connectivity index (χ0) is 23.6. The molecule has 0 radical (unpaired) electrons. The molecule has 0 spiro atoms. The van der Waals surface area contributed by atoms with Crippen LogP contribution in [0.15, 0.2) is 67.0 Å². The molecule has 7 nitrogen and oxygen atoms in total. The van der Waals surface area contributed by atoms with Crippen molar-refractivity contribution < 1.29 is 22.8 Å². The first kappa shape index (κ1) is 24.4. The van der Waals surface area contributed by atoms with Gasteiger partial charge in [0.25, 0.3) is 5.91 Å². The molecule has 34 heavy (non-hydrogen) atoms. The molecule has 4 aromatic rings. The van der Waals surface area contributed by atoms with E-state index in [1.165, 1.54) is 18.2 Å². The highest BCUT2D eigenvalue weighted by atomic mass is 19.4. The predicted molar refractivity (Wildman–Crippen MR) is 122 cm³/mol. The van der Waals surface area contributed by atoms with Crippen LogP contribution in [0, 0.1) is 0 Å². The van der Waals surface area contributed by atoms with E-state index in [0.29, 0.717) is 16.9 Å². The third-order valence-corrected chi connectivity index (χ3v) is 5.05. The summed E-state index contributed by atoms with van der Waals surface area (Å²) in [5.41, 5.74) is 6.73. The second-order valence-corrected chi connectivity index (χ2v) is 7.35. The molecule has 0 fully saturated rings. The van der Waals surface area contributed by atoms with Crippen molar-refractivity contribution in [1.29, 1.82) is 0 Å². The number of nitrogens with one attached hydrogen (secondary N) is 2. The highest BCUT2D eigenvalue weighted by molar-refractivity contribution is 6.06. The molecule has 4 rings (SSSR count). The number of amides is 2. The highest BCUT2D eigenvalue weighted by Crippen LogP contribution is 2.30. The minimum absolute atomic E-state index is 0. The number of primary amides is 1. The van der Waals surface area contributed by atoms with E-state index in [1.807, 2.05) is 0 Å². The molecule has 2 amide bonds. The topological polar surface area (TPSA) is 114 Å². The smallest absolute Gasteiger partial charge is 0.368 e. The van der Waals surface area contributed by atoms with Crippen molar-refractivity contribution in [1.82, 2.24) is 20.3 Å². The van der Waals surface area contributed by atoms with Crippen LogP contribution in [0.2, 0.25) is 0 Å². The predicted octanol–water partition coefficient (Wildman–Crippen LogP) is 4.11. The molecular weight excluding hydrogens is 447 g/mol. The third-order valence-electron chi connectivity index (χ3n) is 5.05. The Morgan fingerprint density at radius 1 is 1.06 bits per heavy atom. The van der Waals surface area contributed by atoms with E-state index in [1.54, 1.807) is 36.7 Å². The number of aromatic amines is 1. The zero-order valence-corrected chi connectivity index (χ0v) is 17.1. The van der Waals surface area contributed by atoms with Crippen molar-refractivity contribution in [3.63, 3.8) is 0 Å². The zero-order valence-electron chi connectivity index (χ0n) is 17.1. The number of H-pyrrole nitrogens is 1. The summed E-state index contributed by atoms with van der Waals surface area (Å²) in [7, 11) is 0. The van der Waals surface area contributed by atoms with E-state index >= 15 is 0 Å². The summed E-state index contributed by atoms with van der Waals surface area (Å²) >= 11 is 0. The molecule has 1 atom stereocenters. The molecule has 0 aliphatic rings. The number of benzene rings is 2. The first-order chi connectivity index (χ1) is 15.7. The van der Waals surface area contributed by atoms with Crippen molar-refractivity contribution in [2.45, 2.75) is 26.1 Å². The minimum atomic E-state index is -4.52. The molecule has 2 heterocycles. The molecule has 2 aromatic carbocycles. The molecule has 10 heteroatoms. The van der Waals surface area contributed by atoms with E-state index in [-0.39, 0.29) is 25.0 Å². The number of hydrogen-bond donors (Lipinski definition) is 3. The molecule has 0 aliphatic carbocycles. The summed E-state index contributed by atoms with van der Waals surface area (Å²) in [6.07, 6.45) is -1.49. The number of nitrogens with two attached hydrogens (primary N) is 1. The summed E-state index contributed by atoms with van der Waals surface area (Å²) in [6, 6.07) is 11.8. The molecule has 2 aromatic heterocycles. The van der Waals surface area contributed by atoms with E-state index in [9.17, 15) is 22.8 Å². The van der Waals surface area contributed by atoms with Gasteiger partial charge in [0.15, 0.2) is 0 Å². The average Bonchev–Trinajstić information content (AvgIpc) is 3.23. The van der Waals surface area contributed by atoms with E-state index < -0.39 is 29.6 Å². The lowest BCUT2D eigenvalue weighted by Crippen LogP contribution is -2.45. The lowest BCUT2D eigenvalue weighted by atomic mass is 10.0. The van der Waals surface area contributed by atoms with Gasteiger partial charge in [0.05, 0.1) is 16.6 Å². The molecule has 0 saturated heterocycles. The first-order valence-electron chi connectivity index (χ1n) is 9.88. The summed E-state index contributed by atoms with van der Waals surface area (Å²) in [4.78, 5) is 36.5. The van der Waals surface area contributed by atoms with Gasteiger partial charge in [0, 0.05) is 24.4 Å². The Balaban J connectivity index is 0.00000324. The molecule has 176 valence electrons. The average molecular weight is 469 g/mol. The Morgan fingerprint density at radius 3 is 2.44 bits per heavy atom. The van der Waals surface area contributed by atoms with Gasteiger partial charge in [-0.05, 0) is 35.9 Å². The molecular formula is C24H22F3N5O2. The summed E-state index contributed by atoms with van der Waals surface area (Å²) < 4.78 is 39.0. The Hall–Kier alpha value is -4.21. The number of rotatable bonds is 6. The quantitative estimate of drug-likeness (QED) is 0.394. The van der Waals surface area contributed by atoms with Gasteiger partial charge in [-0.1, -0.05) is 31.7 Å². The Morgan fingerprint density at radius 2 is 1.76 bits per heavy atom. The van der Waals surface area contributed by atoms with Gasteiger partial charge in [0.1, 0.15) is 17.4 Å². The number of halogens is 3. The summed E-state index contributed by atoms with van der Waals surface area (Å²) in [6.45, 7) is 0. The van der Waals surface area contributed by atoms with E-state index in [4.69, 9.17) is 5.73 Å². The number of aromatic nitrogens is 3. The molecule has 4 N–H and O–H groups in total. The number of alkyl halides is 3.